The van der Waals surface area contributed by atoms with Gasteiger partial charge in [-0.25, -0.2) is 0 Å². The molecule has 0 saturated heterocycles. The van der Waals surface area contributed by atoms with Crippen molar-refractivity contribution in [2.24, 2.45) is 7.05 Å². The zero-order valence-electron chi connectivity index (χ0n) is 18.4. The van der Waals surface area contributed by atoms with Gasteiger partial charge in [-0.3, -0.25) is 0 Å². The lowest BCUT2D eigenvalue weighted by Gasteiger charge is -2.22. The molecule has 1 aliphatic carbocycles. The van der Waals surface area contributed by atoms with E-state index < -0.39 is 0 Å². The van der Waals surface area contributed by atoms with Gasteiger partial charge in [0.1, 0.15) is 7.05 Å². The smallest absolute Gasteiger partial charge is 0.198 e. The molecule has 0 atom stereocenters. The van der Waals surface area contributed by atoms with Crippen molar-refractivity contribution in [2.45, 2.75) is 65.7 Å². The summed E-state index contributed by atoms with van der Waals surface area (Å²) in [6.45, 7) is 8.67. The van der Waals surface area contributed by atoms with E-state index >= 15 is 0 Å². The Morgan fingerprint density at radius 2 is 1.70 bits per heavy atom. The number of nitrogens with zero attached hydrogens (tertiary/aromatic N) is 1. The molecule has 1 saturated carbocycles. The summed E-state index contributed by atoms with van der Waals surface area (Å²) in [5.41, 5.74) is 8.93. The van der Waals surface area contributed by atoms with Crippen molar-refractivity contribution in [3.63, 3.8) is 0 Å². The van der Waals surface area contributed by atoms with Gasteiger partial charge >= 0.3 is 0 Å². The third-order valence-corrected chi connectivity index (χ3v) is 6.60. The van der Waals surface area contributed by atoms with Gasteiger partial charge in [-0.2, -0.15) is 4.57 Å². The standard InChI is InChI=1S/C26H32N/c1-17-13-18(2)20(4)25(14-17)26-24-12-11-22(21-9-7-6-8-10-21)16-23(24)15-19(3)27(26)5/h11-16,21H,6-10H2,1-5H3/q+1/i15D. The molecular weight excluding hydrogens is 326 g/mol. The third-order valence-electron chi connectivity index (χ3n) is 6.60. The van der Waals surface area contributed by atoms with Gasteiger partial charge < -0.3 is 0 Å². The molecule has 0 N–H and O–H groups in total. The second kappa shape index (κ2) is 7.11. The van der Waals surface area contributed by atoms with Crippen LogP contribution in [0.1, 0.15) is 67.3 Å². The molecular formula is C26H32N+. The lowest BCUT2D eigenvalue weighted by Crippen LogP contribution is -2.35. The quantitative estimate of drug-likeness (QED) is 0.453. The van der Waals surface area contributed by atoms with Crippen molar-refractivity contribution in [1.82, 2.24) is 0 Å². The summed E-state index contributed by atoms with van der Waals surface area (Å²) in [7, 11) is 2.11. The summed E-state index contributed by atoms with van der Waals surface area (Å²) in [5, 5.41) is 2.30. The summed E-state index contributed by atoms with van der Waals surface area (Å²) < 4.78 is 11.0. The number of rotatable bonds is 2. The molecule has 140 valence electrons. The van der Waals surface area contributed by atoms with Gasteiger partial charge in [0, 0.05) is 13.0 Å². The monoisotopic (exact) mass is 359 g/mol. The molecule has 1 aromatic heterocycles. The normalized spacial score (nSPS) is 16.0. The second-order valence-electron chi connectivity index (χ2n) is 8.51. The van der Waals surface area contributed by atoms with Gasteiger partial charge in [0.2, 0.25) is 5.69 Å². The molecule has 1 nitrogen and oxygen atoms in total. The number of fused-ring (bicyclic) bond motifs is 1. The van der Waals surface area contributed by atoms with Crippen LogP contribution in [0.5, 0.6) is 0 Å². The average molecular weight is 360 g/mol. The van der Waals surface area contributed by atoms with Crippen molar-refractivity contribution in [3.05, 3.63) is 64.3 Å². The Balaban J connectivity index is 1.99. The summed E-state index contributed by atoms with van der Waals surface area (Å²) in [5.74, 6) is 0.665. The number of benzene rings is 2. The Kier molecular flexibility index (Phi) is 4.47. The Bertz CT molecular complexity index is 1060. The van der Waals surface area contributed by atoms with E-state index in [1.54, 1.807) is 0 Å². The van der Waals surface area contributed by atoms with Gasteiger partial charge in [0.25, 0.3) is 0 Å². The molecule has 0 bridgehead atoms. The summed E-state index contributed by atoms with van der Waals surface area (Å²) in [6, 6.07) is 12.2. The van der Waals surface area contributed by atoms with Gasteiger partial charge in [-0.15, -0.1) is 0 Å². The minimum absolute atomic E-state index is 0.665. The van der Waals surface area contributed by atoms with Crippen molar-refractivity contribution in [1.29, 1.82) is 0 Å². The molecule has 4 rings (SSSR count). The van der Waals surface area contributed by atoms with Gasteiger partial charge in [0.15, 0.2) is 5.69 Å². The molecule has 1 heterocycles. The van der Waals surface area contributed by atoms with Crippen LogP contribution in [0.4, 0.5) is 0 Å². The molecule has 0 amide bonds. The SMILES string of the molecule is [2H]c1c(C)[n+](C)c(-c2cc(C)cc(C)c2C)c2ccc(C3CCCCC3)cc12. The number of aryl methyl sites for hydroxylation is 2. The van der Waals surface area contributed by atoms with E-state index in [-0.39, 0.29) is 0 Å². The topological polar surface area (TPSA) is 3.88 Å². The van der Waals surface area contributed by atoms with E-state index in [4.69, 9.17) is 1.37 Å². The number of hydrogen-bond acceptors (Lipinski definition) is 0. The van der Waals surface area contributed by atoms with Gasteiger partial charge in [-0.05, 0) is 73.7 Å². The van der Waals surface area contributed by atoms with Crippen LogP contribution in [0, 0.1) is 27.7 Å². The van der Waals surface area contributed by atoms with Crippen molar-refractivity contribution in [3.8, 4) is 11.3 Å². The highest BCUT2D eigenvalue weighted by Crippen LogP contribution is 2.36. The predicted octanol–water partition coefficient (Wildman–Crippen LogP) is 6.61. The maximum absolute atomic E-state index is 8.82. The van der Waals surface area contributed by atoms with Crippen LogP contribution in [0.2, 0.25) is 0 Å². The fourth-order valence-corrected chi connectivity index (χ4v) is 4.80. The Labute approximate surface area is 165 Å². The molecule has 1 aliphatic rings. The Morgan fingerprint density at radius 3 is 2.44 bits per heavy atom. The maximum atomic E-state index is 8.82. The van der Waals surface area contributed by atoms with Crippen LogP contribution in [0.15, 0.2) is 36.4 Å². The fourth-order valence-electron chi connectivity index (χ4n) is 4.80. The van der Waals surface area contributed by atoms with E-state index in [1.165, 1.54) is 71.0 Å². The molecule has 27 heavy (non-hydrogen) atoms. The number of hydrogen-bond donors (Lipinski definition) is 0. The molecule has 0 spiro atoms. The van der Waals surface area contributed by atoms with Crippen LogP contribution < -0.4 is 4.57 Å². The van der Waals surface area contributed by atoms with Crippen molar-refractivity contribution in [2.75, 3.05) is 0 Å². The highest BCUT2D eigenvalue weighted by Gasteiger charge is 2.22. The average Bonchev–Trinajstić information content (AvgIpc) is 2.70. The first-order valence-electron chi connectivity index (χ1n) is 10.9. The molecule has 1 heteroatoms. The Hall–Kier alpha value is -2.15. The minimum Gasteiger partial charge on any atom is -0.198 e. The zero-order chi connectivity index (χ0) is 20.0. The van der Waals surface area contributed by atoms with Crippen molar-refractivity contribution < 1.29 is 5.94 Å². The lowest BCUT2D eigenvalue weighted by atomic mass is 9.83. The molecule has 3 aromatic rings. The van der Waals surface area contributed by atoms with E-state index in [2.05, 4.69) is 69.6 Å². The molecule has 0 radical (unpaired) electrons. The molecule has 1 fully saturated rings. The van der Waals surface area contributed by atoms with E-state index in [1.807, 2.05) is 0 Å². The minimum atomic E-state index is 0.665. The highest BCUT2D eigenvalue weighted by molar-refractivity contribution is 5.94. The van der Waals surface area contributed by atoms with Gasteiger partial charge in [-0.1, -0.05) is 43.0 Å². The fraction of sp³-hybridized carbons (Fsp3) is 0.423. The summed E-state index contributed by atoms with van der Waals surface area (Å²) in [4.78, 5) is 0. The maximum Gasteiger partial charge on any atom is 0.220 e. The van der Waals surface area contributed by atoms with Crippen LogP contribution in [0.3, 0.4) is 0 Å². The number of aromatic nitrogens is 1. The largest absolute Gasteiger partial charge is 0.220 e. The first-order chi connectivity index (χ1) is 13.4. The predicted molar refractivity (Wildman–Crippen MR) is 115 cm³/mol. The van der Waals surface area contributed by atoms with E-state index in [0.29, 0.717) is 12.0 Å². The second-order valence-corrected chi connectivity index (χ2v) is 8.51. The van der Waals surface area contributed by atoms with Crippen LogP contribution in [0.25, 0.3) is 22.0 Å². The first kappa shape index (κ1) is 17.0. The summed E-state index contributed by atoms with van der Waals surface area (Å²) in [6.07, 6.45) is 6.64. The van der Waals surface area contributed by atoms with E-state index in [0.717, 1.165) is 11.1 Å². The molecule has 2 aromatic carbocycles. The van der Waals surface area contributed by atoms with Crippen LogP contribution >= 0.6 is 0 Å². The zero-order valence-corrected chi connectivity index (χ0v) is 17.4. The highest BCUT2D eigenvalue weighted by atomic mass is 14.9. The summed E-state index contributed by atoms with van der Waals surface area (Å²) >= 11 is 0. The third kappa shape index (κ3) is 3.29. The number of pyridine rings is 1. The molecule has 0 aliphatic heterocycles. The van der Waals surface area contributed by atoms with Crippen molar-refractivity contribution >= 4 is 10.8 Å². The van der Waals surface area contributed by atoms with Crippen LogP contribution in [-0.2, 0) is 7.05 Å². The first-order valence-corrected chi connectivity index (χ1v) is 10.4. The lowest BCUT2D eigenvalue weighted by molar-refractivity contribution is -0.665. The van der Waals surface area contributed by atoms with Gasteiger partial charge in [0.05, 0.1) is 12.3 Å². The molecule has 0 unspecified atom stereocenters. The van der Waals surface area contributed by atoms with Crippen LogP contribution in [-0.4, -0.2) is 0 Å². The van der Waals surface area contributed by atoms with E-state index in [9.17, 15) is 0 Å². The Morgan fingerprint density at radius 1 is 0.963 bits per heavy atom.